The van der Waals surface area contributed by atoms with Crippen LogP contribution in [0.3, 0.4) is 0 Å². The van der Waals surface area contributed by atoms with Crippen LogP contribution in [-0.2, 0) is 11.2 Å². The van der Waals surface area contributed by atoms with Crippen LogP contribution in [0.4, 0.5) is 5.69 Å². The van der Waals surface area contributed by atoms with Crippen LogP contribution in [0.2, 0.25) is 0 Å². The van der Waals surface area contributed by atoms with Crippen molar-refractivity contribution < 1.29 is 9.53 Å². The molecule has 1 unspecified atom stereocenters. The van der Waals surface area contributed by atoms with Crippen molar-refractivity contribution in [2.75, 3.05) is 11.9 Å². The van der Waals surface area contributed by atoms with E-state index in [4.69, 9.17) is 4.74 Å². The predicted octanol–water partition coefficient (Wildman–Crippen LogP) is 1.84. The topological polar surface area (TPSA) is 69.0 Å². The maximum absolute atomic E-state index is 12.4. The normalized spacial score (nSPS) is 17.0. The molecule has 1 aromatic carbocycles. The van der Waals surface area contributed by atoms with Gasteiger partial charge in [-0.3, -0.25) is 4.79 Å². The Labute approximate surface area is 123 Å². The largest absolute Gasteiger partial charge is 0.479 e. The molecule has 2 heterocycles. The molecule has 0 saturated carbocycles. The van der Waals surface area contributed by atoms with E-state index < -0.39 is 6.10 Å². The third-order valence-corrected chi connectivity index (χ3v) is 3.46. The molecule has 0 saturated heterocycles. The molecule has 0 radical (unpaired) electrons. The summed E-state index contributed by atoms with van der Waals surface area (Å²) in [5.41, 5.74) is 0.923. The molecular formula is C15H18N4O2. The van der Waals surface area contributed by atoms with Crippen molar-refractivity contribution in [1.82, 2.24) is 14.8 Å². The van der Waals surface area contributed by atoms with Crippen molar-refractivity contribution in [3.8, 4) is 5.75 Å². The molecule has 3 rings (SSSR count). The second-order valence-electron chi connectivity index (χ2n) is 5.34. The smallest absolute Gasteiger partial charge is 0.182 e. The minimum Gasteiger partial charge on any atom is -0.479 e. The molecular weight excluding hydrogens is 268 g/mol. The second kappa shape index (κ2) is 5.55. The number of anilines is 1. The van der Waals surface area contributed by atoms with E-state index in [1.807, 2.05) is 38.1 Å². The number of nitrogens with one attached hydrogen (secondary N) is 1. The van der Waals surface area contributed by atoms with Gasteiger partial charge in [-0.1, -0.05) is 12.1 Å². The summed E-state index contributed by atoms with van der Waals surface area (Å²) in [5, 5.41) is 7.37. The summed E-state index contributed by atoms with van der Waals surface area (Å²) < 4.78 is 7.54. The Morgan fingerprint density at radius 3 is 3.10 bits per heavy atom. The quantitative estimate of drug-likeness (QED) is 0.929. The van der Waals surface area contributed by atoms with Crippen LogP contribution >= 0.6 is 0 Å². The van der Waals surface area contributed by atoms with Crippen LogP contribution in [0.5, 0.6) is 5.75 Å². The molecule has 21 heavy (non-hydrogen) atoms. The number of ketones is 1. The zero-order chi connectivity index (χ0) is 14.8. The highest BCUT2D eigenvalue weighted by molar-refractivity contribution is 5.86. The lowest BCUT2D eigenvalue weighted by atomic mass is 10.1. The second-order valence-corrected chi connectivity index (χ2v) is 5.34. The summed E-state index contributed by atoms with van der Waals surface area (Å²) in [6.45, 7) is 4.50. The molecule has 1 atom stereocenters. The van der Waals surface area contributed by atoms with E-state index >= 15 is 0 Å². The number of fused-ring (bicyclic) bond motifs is 1. The van der Waals surface area contributed by atoms with Crippen molar-refractivity contribution in [2.45, 2.75) is 32.4 Å². The number of nitrogens with zero attached hydrogens (tertiary/aromatic N) is 3. The van der Waals surface area contributed by atoms with Crippen molar-refractivity contribution >= 4 is 11.5 Å². The number of aromatic nitrogens is 3. The van der Waals surface area contributed by atoms with Crippen LogP contribution in [0.15, 0.2) is 30.6 Å². The van der Waals surface area contributed by atoms with Gasteiger partial charge in [-0.25, -0.2) is 9.67 Å². The van der Waals surface area contributed by atoms with Gasteiger partial charge < -0.3 is 10.1 Å². The highest BCUT2D eigenvalue weighted by atomic mass is 16.5. The minimum atomic E-state index is -0.489. The van der Waals surface area contributed by atoms with E-state index in [1.54, 1.807) is 4.68 Å². The number of hydrogen-bond acceptors (Lipinski definition) is 5. The van der Waals surface area contributed by atoms with Crippen LogP contribution in [0, 0.1) is 0 Å². The molecule has 1 N–H and O–H groups in total. The van der Waals surface area contributed by atoms with E-state index in [0.717, 1.165) is 5.69 Å². The molecule has 0 amide bonds. The molecule has 6 heteroatoms. The van der Waals surface area contributed by atoms with E-state index in [2.05, 4.69) is 15.4 Å². The molecule has 6 nitrogen and oxygen atoms in total. The average molecular weight is 286 g/mol. The number of Topliss-reactive ketones (excluding diaryl/α,β-unsaturated/α-hetero) is 1. The van der Waals surface area contributed by atoms with E-state index in [-0.39, 0.29) is 18.2 Å². The molecule has 2 aromatic rings. The maximum Gasteiger partial charge on any atom is 0.182 e. The Morgan fingerprint density at radius 2 is 2.29 bits per heavy atom. The zero-order valence-corrected chi connectivity index (χ0v) is 12.1. The zero-order valence-electron chi connectivity index (χ0n) is 12.1. The van der Waals surface area contributed by atoms with Crippen LogP contribution in [0.1, 0.15) is 25.7 Å². The van der Waals surface area contributed by atoms with Crippen molar-refractivity contribution in [3.05, 3.63) is 36.4 Å². The van der Waals surface area contributed by atoms with Crippen molar-refractivity contribution in [2.24, 2.45) is 0 Å². The Balaban J connectivity index is 1.71. The van der Waals surface area contributed by atoms with Crippen molar-refractivity contribution in [3.63, 3.8) is 0 Å². The summed E-state index contributed by atoms with van der Waals surface area (Å²) in [4.78, 5) is 16.6. The highest BCUT2D eigenvalue weighted by Crippen LogP contribution is 2.28. The van der Waals surface area contributed by atoms with Gasteiger partial charge in [0.25, 0.3) is 0 Å². The van der Waals surface area contributed by atoms with Crippen LogP contribution in [-0.4, -0.2) is 33.2 Å². The lowest BCUT2D eigenvalue weighted by Crippen LogP contribution is -2.39. The number of para-hydroxylation sites is 2. The molecule has 1 aliphatic rings. The van der Waals surface area contributed by atoms with Gasteiger partial charge in [-0.15, -0.1) is 0 Å². The first kappa shape index (κ1) is 13.6. The van der Waals surface area contributed by atoms with Gasteiger partial charge in [0.05, 0.1) is 18.7 Å². The van der Waals surface area contributed by atoms with Crippen molar-refractivity contribution in [1.29, 1.82) is 0 Å². The first-order chi connectivity index (χ1) is 10.1. The fourth-order valence-corrected chi connectivity index (χ4v) is 2.39. The third-order valence-electron chi connectivity index (χ3n) is 3.46. The number of rotatable bonds is 4. The Bertz CT molecular complexity index is 651. The number of hydrogen-bond donors (Lipinski definition) is 1. The van der Waals surface area contributed by atoms with Crippen LogP contribution < -0.4 is 10.1 Å². The minimum absolute atomic E-state index is 0.00639. The lowest BCUT2D eigenvalue weighted by molar-refractivity contribution is -0.124. The summed E-state index contributed by atoms with van der Waals surface area (Å²) in [5.74, 6) is 1.40. The number of benzene rings is 1. The summed E-state index contributed by atoms with van der Waals surface area (Å²) in [6.07, 6.45) is 1.22. The summed E-state index contributed by atoms with van der Waals surface area (Å²) in [7, 11) is 0. The molecule has 0 spiro atoms. The fourth-order valence-electron chi connectivity index (χ4n) is 2.39. The van der Waals surface area contributed by atoms with Gasteiger partial charge in [-0.2, -0.15) is 5.10 Å². The van der Waals surface area contributed by atoms with E-state index in [9.17, 15) is 4.79 Å². The Hall–Kier alpha value is -2.37. The molecule has 0 aliphatic carbocycles. The van der Waals surface area contributed by atoms with E-state index in [0.29, 0.717) is 18.1 Å². The summed E-state index contributed by atoms with van der Waals surface area (Å²) >= 11 is 0. The standard InChI is InChI=1S/C15H18N4O2/c1-10(2)19-15(17-9-18-19)7-12(20)14-8-16-11-5-3-4-6-13(11)21-14/h3-6,9-10,14,16H,7-8H2,1-2H3. The Kier molecular flexibility index (Phi) is 3.60. The SMILES string of the molecule is CC(C)n1ncnc1CC(=O)C1CNc2ccccc2O1. The number of ether oxygens (including phenoxy) is 1. The van der Waals surface area contributed by atoms with Gasteiger partial charge in [0, 0.05) is 6.04 Å². The monoisotopic (exact) mass is 286 g/mol. The highest BCUT2D eigenvalue weighted by Gasteiger charge is 2.27. The molecule has 110 valence electrons. The molecule has 1 aliphatic heterocycles. The average Bonchev–Trinajstić information content (AvgIpc) is 2.95. The van der Waals surface area contributed by atoms with Gasteiger partial charge in [-0.05, 0) is 26.0 Å². The first-order valence-electron chi connectivity index (χ1n) is 7.06. The molecule has 1 aromatic heterocycles. The Morgan fingerprint density at radius 1 is 1.48 bits per heavy atom. The van der Waals surface area contributed by atoms with Gasteiger partial charge >= 0.3 is 0 Å². The molecule has 0 fully saturated rings. The molecule has 0 bridgehead atoms. The van der Waals surface area contributed by atoms with Gasteiger partial charge in [0.2, 0.25) is 0 Å². The fraction of sp³-hybridized carbons (Fsp3) is 0.400. The number of carbonyl (C=O) groups is 1. The summed E-state index contributed by atoms with van der Waals surface area (Å²) in [6, 6.07) is 7.80. The number of carbonyl (C=O) groups excluding carboxylic acids is 1. The lowest BCUT2D eigenvalue weighted by Gasteiger charge is -2.26. The van der Waals surface area contributed by atoms with Gasteiger partial charge in [0.1, 0.15) is 17.9 Å². The van der Waals surface area contributed by atoms with E-state index in [1.165, 1.54) is 6.33 Å². The third kappa shape index (κ3) is 2.74. The maximum atomic E-state index is 12.4. The predicted molar refractivity (Wildman–Crippen MR) is 78.5 cm³/mol. The van der Waals surface area contributed by atoms with Gasteiger partial charge in [0.15, 0.2) is 11.9 Å². The first-order valence-corrected chi connectivity index (χ1v) is 7.06. The van der Waals surface area contributed by atoms with Crippen LogP contribution in [0.25, 0.3) is 0 Å².